The van der Waals surface area contributed by atoms with Gasteiger partial charge < -0.3 is 14.8 Å². The Bertz CT molecular complexity index is 909. The normalized spacial score (nSPS) is 10.5. The van der Waals surface area contributed by atoms with E-state index in [1.165, 1.54) is 0 Å². The molecule has 0 saturated carbocycles. The van der Waals surface area contributed by atoms with Crippen LogP contribution in [0.2, 0.25) is 5.02 Å². The summed E-state index contributed by atoms with van der Waals surface area (Å²) in [6, 6.07) is 17.1. The van der Waals surface area contributed by atoms with Crippen LogP contribution in [0.25, 0.3) is 10.8 Å². The summed E-state index contributed by atoms with van der Waals surface area (Å²) in [5.41, 5.74) is 0.141. The van der Waals surface area contributed by atoms with Gasteiger partial charge in [-0.3, -0.25) is 4.79 Å². The number of nitrogens with one attached hydrogen (secondary N) is 1. The number of amides is 1. The Morgan fingerprint density at radius 1 is 1.08 bits per heavy atom. The molecular formula is C20H19ClN2O3. The molecule has 3 aromatic rings. The Morgan fingerprint density at radius 3 is 2.73 bits per heavy atom. The zero-order valence-corrected chi connectivity index (χ0v) is 15.1. The molecule has 3 rings (SSSR count). The number of rotatable bonds is 7. The number of nitrogens with zero attached hydrogens (tertiary/aromatic N) is 1. The van der Waals surface area contributed by atoms with Crippen molar-refractivity contribution < 1.29 is 14.3 Å². The second-order valence-corrected chi connectivity index (χ2v) is 5.90. The highest BCUT2D eigenvalue weighted by atomic mass is 35.5. The Morgan fingerprint density at radius 2 is 1.88 bits per heavy atom. The fraction of sp³-hybridized carbons (Fsp3) is 0.200. The Kier molecular flexibility index (Phi) is 5.92. The van der Waals surface area contributed by atoms with Gasteiger partial charge in [0.2, 0.25) is 5.88 Å². The zero-order valence-electron chi connectivity index (χ0n) is 14.4. The number of hydrogen-bond acceptors (Lipinski definition) is 4. The van der Waals surface area contributed by atoms with Gasteiger partial charge in [-0.25, -0.2) is 4.98 Å². The smallest absolute Gasteiger partial charge is 0.271 e. The summed E-state index contributed by atoms with van der Waals surface area (Å²) in [6.45, 7) is 2.98. The van der Waals surface area contributed by atoms with E-state index in [0.29, 0.717) is 25.6 Å². The lowest BCUT2D eigenvalue weighted by molar-refractivity contribution is 0.0941. The first-order chi connectivity index (χ1) is 12.7. The topological polar surface area (TPSA) is 60.5 Å². The number of fused-ring (bicyclic) bond motifs is 1. The minimum atomic E-state index is -0.363. The van der Waals surface area contributed by atoms with Crippen LogP contribution in [0.5, 0.6) is 11.6 Å². The number of aromatic nitrogens is 1. The molecule has 1 heterocycles. The highest BCUT2D eigenvalue weighted by molar-refractivity contribution is 6.33. The van der Waals surface area contributed by atoms with Gasteiger partial charge in [0.25, 0.3) is 5.91 Å². The molecule has 1 N–H and O–H groups in total. The maximum Gasteiger partial charge on any atom is 0.271 e. The summed E-state index contributed by atoms with van der Waals surface area (Å²) in [7, 11) is 0. The minimum Gasteiger partial charge on any atom is -0.491 e. The van der Waals surface area contributed by atoms with Crippen molar-refractivity contribution in [3.8, 4) is 11.6 Å². The third-order valence-electron chi connectivity index (χ3n) is 3.72. The summed E-state index contributed by atoms with van der Waals surface area (Å²) < 4.78 is 11.1. The van der Waals surface area contributed by atoms with Crippen LogP contribution < -0.4 is 14.8 Å². The van der Waals surface area contributed by atoms with Gasteiger partial charge in [-0.1, -0.05) is 48.0 Å². The summed E-state index contributed by atoms with van der Waals surface area (Å²) in [5.74, 6) is 0.791. The number of ether oxygens (including phenoxy) is 2. The summed E-state index contributed by atoms with van der Waals surface area (Å²) in [4.78, 5) is 16.4. The molecule has 0 radical (unpaired) electrons. The van der Waals surface area contributed by atoms with Crippen LogP contribution in [0.15, 0.2) is 54.6 Å². The number of halogens is 1. The molecule has 0 bridgehead atoms. The first kappa shape index (κ1) is 18.0. The average Bonchev–Trinajstić information content (AvgIpc) is 2.67. The molecule has 134 valence electrons. The van der Waals surface area contributed by atoms with Gasteiger partial charge in [-0.2, -0.15) is 0 Å². The van der Waals surface area contributed by atoms with Gasteiger partial charge in [-0.15, -0.1) is 0 Å². The van der Waals surface area contributed by atoms with E-state index in [1.54, 1.807) is 12.1 Å². The zero-order chi connectivity index (χ0) is 18.4. The maximum atomic E-state index is 12.3. The minimum absolute atomic E-state index is 0.141. The van der Waals surface area contributed by atoms with Gasteiger partial charge >= 0.3 is 0 Å². The van der Waals surface area contributed by atoms with Crippen molar-refractivity contribution in [3.63, 3.8) is 0 Å². The Labute approximate surface area is 156 Å². The molecule has 0 fully saturated rings. The van der Waals surface area contributed by atoms with Crippen molar-refractivity contribution in [2.24, 2.45) is 0 Å². The fourth-order valence-corrected chi connectivity index (χ4v) is 2.73. The number of carbonyl (C=O) groups is 1. The molecule has 26 heavy (non-hydrogen) atoms. The molecule has 0 aliphatic carbocycles. The highest BCUT2D eigenvalue weighted by Crippen LogP contribution is 2.25. The van der Waals surface area contributed by atoms with Crippen molar-refractivity contribution in [2.45, 2.75) is 6.92 Å². The van der Waals surface area contributed by atoms with Crippen LogP contribution in [-0.2, 0) is 0 Å². The number of hydrogen-bond donors (Lipinski definition) is 1. The third-order valence-corrected chi connectivity index (χ3v) is 4.03. The van der Waals surface area contributed by atoms with Crippen molar-refractivity contribution in [1.29, 1.82) is 0 Å². The van der Waals surface area contributed by atoms with E-state index in [9.17, 15) is 4.79 Å². The first-order valence-electron chi connectivity index (χ1n) is 8.37. The van der Waals surface area contributed by atoms with E-state index in [0.717, 1.165) is 16.5 Å². The lowest BCUT2D eigenvalue weighted by atomic mass is 10.1. The van der Waals surface area contributed by atoms with Crippen LogP contribution in [-0.4, -0.2) is 30.6 Å². The van der Waals surface area contributed by atoms with Crippen LogP contribution in [0, 0.1) is 0 Å². The van der Waals surface area contributed by atoms with Crippen LogP contribution >= 0.6 is 11.6 Å². The average molecular weight is 371 g/mol. The highest BCUT2D eigenvalue weighted by Gasteiger charge is 2.13. The van der Waals surface area contributed by atoms with E-state index in [4.69, 9.17) is 21.1 Å². The molecule has 1 aromatic heterocycles. The van der Waals surface area contributed by atoms with Gasteiger partial charge in [0.1, 0.15) is 12.4 Å². The molecule has 0 atom stereocenters. The standard InChI is InChI=1S/C20H19ClN2O3/c1-2-25-18-11-10-16(21)19(23-18)20(24)22-12-13-26-17-9-5-7-14-6-3-4-8-15(14)17/h3-11H,2,12-13H2,1H3,(H,22,24). The van der Waals surface area contributed by atoms with Gasteiger partial charge in [0.15, 0.2) is 5.69 Å². The van der Waals surface area contributed by atoms with E-state index >= 15 is 0 Å². The van der Waals surface area contributed by atoms with Gasteiger partial charge in [0, 0.05) is 11.5 Å². The summed E-state index contributed by atoms with van der Waals surface area (Å²) in [5, 5.41) is 5.19. The lowest BCUT2D eigenvalue weighted by Crippen LogP contribution is -2.29. The fourth-order valence-electron chi connectivity index (χ4n) is 2.54. The first-order valence-corrected chi connectivity index (χ1v) is 8.75. The van der Waals surface area contributed by atoms with Crippen molar-refractivity contribution >= 4 is 28.3 Å². The third kappa shape index (κ3) is 4.24. The predicted molar refractivity (Wildman–Crippen MR) is 102 cm³/mol. The van der Waals surface area contributed by atoms with Crippen molar-refractivity contribution in [3.05, 3.63) is 65.3 Å². The van der Waals surface area contributed by atoms with Gasteiger partial charge in [-0.05, 0) is 24.4 Å². The van der Waals surface area contributed by atoms with Crippen LogP contribution in [0.3, 0.4) is 0 Å². The monoisotopic (exact) mass is 370 g/mol. The molecule has 1 amide bonds. The molecule has 5 nitrogen and oxygen atoms in total. The Hall–Kier alpha value is -2.79. The summed E-state index contributed by atoms with van der Waals surface area (Å²) in [6.07, 6.45) is 0. The lowest BCUT2D eigenvalue weighted by Gasteiger charge is -2.11. The molecule has 2 aromatic carbocycles. The van der Waals surface area contributed by atoms with Crippen molar-refractivity contribution in [1.82, 2.24) is 10.3 Å². The van der Waals surface area contributed by atoms with E-state index < -0.39 is 0 Å². The second-order valence-electron chi connectivity index (χ2n) is 5.49. The molecular weight excluding hydrogens is 352 g/mol. The van der Waals surface area contributed by atoms with E-state index in [1.807, 2.05) is 49.4 Å². The molecule has 0 spiro atoms. The maximum absolute atomic E-state index is 12.3. The number of carbonyl (C=O) groups excluding carboxylic acids is 1. The van der Waals surface area contributed by atoms with E-state index in [-0.39, 0.29) is 16.6 Å². The molecule has 0 saturated heterocycles. The molecule has 6 heteroatoms. The number of benzene rings is 2. The number of pyridine rings is 1. The quantitative estimate of drug-likeness (QED) is 0.636. The molecule has 0 aliphatic rings. The van der Waals surface area contributed by atoms with Gasteiger partial charge in [0.05, 0.1) is 18.2 Å². The summed E-state index contributed by atoms with van der Waals surface area (Å²) >= 11 is 6.06. The molecule has 0 unspecified atom stereocenters. The SMILES string of the molecule is CCOc1ccc(Cl)c(C(=O)NCCOc2cccc3ccccc23)n1. The van der Waals surface area contributed by atoms with Crippen molar-refractivity contribution in [2.75, 3.05) is 19.8 Å². The second kappa shape index (κ2) is 8.54. The largest absolute Gasteiger partial charge is 0.491 e. The predicted octanol–water partition coefficient (Wildman–Crippen LogP) is 4.10. The molecule has 0 aliphatic heterocycles. The Balaban J connectivity index is 1.58. The van der Waals surface area contributed by atoms with Crippen LogP contribution in [0.4, 0.5) is 0 Å². The van der Waals surface area contributed by atoms with E-state index in [2.05, 4.69) is 10.3 Å². The van der Waals surface area contributed by atoms with Crippen LogP contribution in [0.1, 0.15) is 17.4 Å².